The first-order valence-electron chi connectivity index (χ1n) is 7.40. The smallest absolute Gasteiger partial charge is 0.168 e. The van der Waals surface area contributed by atoms with Crippen molar-refractivity contribution in [3.63, 3.8) is 0 Å². The number of hydrogen-bond donors (Lipinski definition) is 3. The lowest BCUT2D eigenvalue weighted by Gasteiger charge is -2.15. The van der Waals surface area contributed by atoms with Crippen LogP contribution in [0.4, 0.5) is 11.6 Å². The summed E-state index contributed by atoms with van der Waals surface area (Å²) in [5, 5.41) is 11.7. The molecule has 0 unspecified atom stereocenters. The average Bonchev–Trinajstić information content (AvgIpc) is 2.96. The second-order valence-corrected chi connectivity index (χ2v) is 5.60. The maximum atomic E-state index is 11.0. The molecule has 3 heterocycles. The maximum absolute atomic E-state index is 11.0. The molecule has 0 spiro atoms. The van der Waals surface area contributed by atoms with Crippen LogP contribution < -0.4 is 11.1 Å². The van der Waals surface area contributed by atoms with Crippen LogP contribution in [0.1, 0.15) is 35.5 Å². The molecule has 3 rings (SSSR count). The van der Waals surface area contributed by atoms with Crippen molar-refractivity contribution in [2.75, 3.05) is 11.1 Å². The molecule has 3 aromatic heterocycles. The van der Waals surface area contributed by atoms with E-state index in [0.717, 1.165) is 6.29 Å². The van der Waals surface area contributed by atoms with Crippen molar-refractivity contribution in [2.24, 2.45) is 0 Å². The molecule has 0 atom stereocenters. The van der Waals surface area contributed by atoms with E-state index in [-0.39, 0.29) is 17.6 Å². The number of nitrogen functional groups attached to an aromatic ring is 1. The molecule has 24 heavy (non-hydrogen) atoms. The van der Waals surface area contributed by atoms with Gasteiger partial charge >= 0.3 is 0 Å². The van der Waals surface area contributed by atoms with Crippen LogP contribution >= 0.6 is 0 Å². The molecule has 3 aromatic rings. The number of nitrogens with two attached hydrogens (primary N) is 1. The largest absolute Gasteiger partial charge is 0.383 e. The molecule has 0 saturated heterocycles. The van der Waals surface area contributed by atoms with Gasteiger partial charge in [-0.3, -0.25) is 14.6 Å². The Balaban J connectivity index is 2.07. The van der Waals surface area contributed by atoms with E-state index in [9.17, 15) is 4.79 Å². The van der Waals surface area contributed by atoms with Crippen LogP contribution in [-0.4, -0.2) is 37.4 Å². The lowest BCUT2D eigenvalue weighted by Crippen LogP contribution is -2.18. The molecule has 8 nitrogen and oxygen atoms in total. The number of hydrogen-bond acceptors (Lipinski definition) is 7. The Labute approximate surface area is 138 Å². The standard InChI is InChI=1S/C16H17N7O/c1-9(2)22-16-13(15(18)20-8-21-16)14(17)10-3-4-23-11(7-24)6-19-12(23)5-10/h3-9,17H,1-2H3,(H3,18,20,21,22). The minimum Gasteiger partial charge on any atom is -0.383 e. The molecular weight excluding hydrogens is 306 g/mol. The Morgan fingerprint density at radius 1 is 1.38 bits per heavy atom. The van der Waals surface area contributed by atoms with Gasteiger partial charge in [0.1, 0.15) is 29.3 Å². The van der Waals surface area contributed by atoms with Gasteiger partial charge < -0.3 is 11.1 Å². The molecule has 0 amide bonds. The highest BCUT2D eigenvalue weighted by Gasteiger charge is 2.17. The Morgan fingerprint density at radius 2 is 2.17 bits per heavy atom. The zero-order chi connectivity index (χ0) is 17.3. The first kappa shape index (κ1) is 15.6. The van der Waals surface area contributed by atoms with Crippen LogP contribution in [0.15, 0.2) is 30.9 Å². The van der Waals surface area contributed by atoms with E-state index in [0.29, 0.717) is 28.3 Å². The van der Waals surface area contributed by atoms with Crippen molar-refractivity contribution in [1.29, 1.82) is 5.41 Å². The summed E-state index contributed by atoms with van der Waals surface area (Å²) in [6.07, 6.45) is 5.29. The topological polar surface area (TPSA) is 122 Å². The van der Waals surface area contributed by atoms with Gasteiger partial charge in [0.15, 0.2) is 6.29 Å². The van der Waals surface area contributed by atoms with Crippen LogP contribution in [0.25, 0.3) is 5.65 Å². The highest BCUT2D eigenvalue weighted by Crippen LogP contribution is 2.22. The first-order valence-corrected chi connectivity index (χ1v) is 7.40. The average molecular weight is 323 g/mol. The second-order valence-electron chi connectivity index (χ2n) is 5.60. The number of anilines is 2. The molecule has 0 saturated carbocycles. The monoisotopic (exact) mass is 323 g/mol. The van der Waals surface area contributed by atoms with Gasteiger partial charge in [0.2, 0.25) is 0 Å². The van der Waals surface area contributed by atoms with Crippen molar-refractivity contribution < 1.29 is 4.79 Å². The van der Waals surface area contributed by atoms with Gasteiger partial charge in [-0.1, -0.05) is 0 Å². The third-order valence-electron chi connectivity index (χ3n) is 3.50. The van der Waals surface area contributed by atoms with Crippen molar-refractivity contribution in [1.82, 2.24) is 19.4 Å². The third-order valence-corrected chi connectivity index (χ3v) is 3.50. The Morgan fingerprint density at radius 3 is 2.88 bits per heavy atom. The van der Waals surface area contributed by atoms with E-state index in [4.69, 9.17) is 11.1 Å². The number of aldehydes is 1. The molecule has 0 fully saturated rings. The molecule has 122 valence electrons. The number of nitrogens with zero attached hydrogens (tertiary/aromatic N) is 4. The van der Waals surface area contributed by atoms with Crippen LogP contribution in [0.5, 0.6) is 0 Å². The summed E-state index contributed by atoms with van der Waals surface area (Å²) in [7, 11) is 0. The van der Waals surface area contributed by atoms with E-state index in [1.807, 2.05) is 13.8 Å². The number of rotatable bonds is 5. The van der Waals surface area contributed by atoms with Gasteiger partial charge in [-0.05, 0) is 26.0 Å². The van der Waals surface area contributed by atoms with Crippen molar-refractivity contribution in [3.8, 4) is 0 Å². The molecule has 0 radical (unpaired) electrons. The summed E-state index contributed by atoms with van der Waals surface area (Å²) in [4.78, 5) is 23.3. The Kier molecular flexibility index (Phi) is 3.95. The zero-order valence-electron chi connectivity index (χ0n) is 13.3. The summed E-state index contributed by atoms with van der Waals surface area (Å²) in [5.41, 5.74) is 8.24. The fourth-order valence-corrected chi connectivity index (χ4v) is 2.42. The summed E-state index contributed by atoms with van der Waals surface area (Å²) < 4.78 is 1.65. The van der Waals surface area contributed by atoms with E-state index in [2.05, 4.69) is 20.3 Å². The third kappa shape index (κ3) is 2.69. The number of nitrogens with one attached hydrogen (secondary N) is 2. The van der Waals surface area contributed by atoms with E-state index in [1.54, 1.807) is 22.7 Å². The second kappa shape index (κ2) is 6.07. The summed E-state index contributed by atoms with van der Waals surface area (Å²) in [5.74, 6) is 0.745. The molecule has 8 heteroatoms. The maximum Gasteiger partial charge on any atom is 0.168 e. The fourth-order valence-electron chi connectivity index (χ4n) is 2.42. The predicted molar refractivity (Wildman–Crippen MR) is 91.7 cm³/mol. The normalized spacial score (nSPS) is 11.0. The lowest BCUT2D eigenvalue weighted by molar-refractivity contribution is 0.111. The number of pyridine rings is 1. The SMILES string of the molecule is CC(C)Nc1ncnc(N)c1C(=N)c1ccn2c(C=O)cnc2c1. The van der Waals surface area contributed by atoms with Crippen molar-refractivity contribution in [2.45, 2.75) is 19.9 Å². The van der Waals surface area contributed by atoms with Crippen LogP contribution in [-0.2, 0) is 0 Å². The molecule has 0 bridgehead atoms. The number of carbonyl (C=O) groups is 1. The number of imidazole rings is 1. The van der Waals surface area contributed by atoms with Crippen molar-refractivity contribution in [3.05, 3.63) is 47.7 Å². The van der Waals surface area contributed by atoms with Gasteiger partial charge in [-0.2, -0.15) is 0 Å². The van der Waals surface area contributed by atoms with E-state index < -0.39 is 0 Å². The Hall–Kier alpha value is -3.29. The van der Waals surface area contributed by atoms with Crippen LogP contribution in [0.3, 0.4) is 0 Å². The molecule has 4 N–H and O–H groups in total. The summed E-state index contributed by atoms with van der Waals surface area (Å²) in [6, 6.07) is 3.59. The van der Waals surface area contributed by atoms with Crippen molar-refractivity contribution >= 4 is 29.3 Å². The van der Waals surface area contributed by atoms with E-state index >= 15 is 0 Å². The van der Waals surface area contributed by atoms with Gasteiger partial charge in [0.05, 0.1) is 17.5 Å². The molecule has 0 aliphatic heterocycles. The molecule has 0 aliphatic rings. The zero-order valence-corrected chi connectivity index (χ0v) is 13.3. The summed E-state index contributed by atoms with van der Waals surface area (Å²) in [6.45, 7) is 3.95. The highest BCUT2D eigenvalue weighted by atomic mass is 16.1. The number of fused-ring (bicyclic) bond motifs is 1. The fraction of sp³-hybridized carbons (Fsp3) is 0.188. The molecule has 0 aliphatic carbocycles. The Bertz CT molecular complexity index is 929. The number of carbonyl (C=O) groups excluding carboxylic acids is 1. The quantitative estimate of drug-likeness (QED) is 0.486. The predicted octanol–water partition coefficient (Wildman–Crippen LogP) is 1.76. The van der Waals surface area contributed by atoms with Gasteiger partial charge in [-0.15, -0.1) is 0 Å². The highest BCUT2D eigenvalue weighted by molar-refractivity contribution is 6.16. The molecule has 0 aromatic carbocycles. The first-order chi connectivity index (χ1) is 11.5. The van der Waals surface area contributed by atoms with Crippen LogP contribution in [0, 0.1) is 5.41 Å². The van der Waals surface area contributed by atoms with Crippen LogP contribution in [0.2, 0.25) is 0 Å². The van der Waals surface area contributed by atoms with Gasteiger partial charge in [0, 0.05) is 17.8 Å². The van der Waals surface area contributed by atoms with Gasteiger partial charge in [-0.25, -0.2) is 15.0 Å². The minimum atomic E-state index is 0.135. The van der Waals surface area contributed by atoms with E-state index in [1.165, 1.54) is 12.5 Å². The minimum absolute atomic E-state index is 0.135. The summed E-state index contributed by atoms with van der Waals surface area (Å²) >= 11 is 0. The lowest BCUT2D eigenvalue weighted by atomic mass is 10.0. The number of aromatic nitrogens is 4. The van der Waals surface area contributed by atoms with Gasteiger partial charge in [0.25, 0.3) is 0 Å². The molecular formula is C16H17N7O.